The molecule has 2 N–H and O–H groups in total. The fourth-order valence-corrected chi connectivity index (χ4v) is 3.38. The first-order valence-corrected chi connectivity index (χ1v) is 6.85. The minimum atomic E-state index is -0.947. The molecule has 1 saturated heterocycles. The summed E-state index contributed by atoms with van der Waals surface area (Å²) < 4.78 is 1.49. The van der Waals surface area contributed by atoms with Crippen molar-refractivity contribution >= 4 is 12.1 Å². The molecule has 0 radical (unpaired) electrons. The highest BCUT2D eigenvalue weighted by molar-refractivity contribution is 5.76. The molecule has 0 bridgehead atoms. The van der Waals surface area contributed by atoms with E-state index in [1.807, 2.05) is 4.90 Å². The maximum Gasteiger partial charge on any atom is 0.404 e. The SMILES string of the molecule is O=C(O)NC1CC2(CCN(C(=O)n3ccnc3)CC2)C1. The van der Waals surface area contributed by atoms with Crippen molar-refractivity contribution in [2.75, 3.05) is 13.1 Å². The Morgan fingerprint density at radius 1 is 1.30 bits per heavy atom. The highest BCUT2D eigenvalue weighted by atomic mass is 16.4. The van der Waals surface area contributed by atoms with E-state index in [9.17, 15) is 9.59 Å². The van der Waals surface area contributed by atoms with E-state index in [2.05, 4.69) is 10.3 Å². The van der Waals surface area contributed by atoms with Crippen LogP contribution >= 0.6 is 0 Å². The first-order chi connectivity index (χ1) is 9.58. The van der Waals surface area contributed by atoms with Gasteiger partial charge in [-0.05, 0) is 31.1 Å². The number of likely N-dealkylation sites (tertiary alicyclic amines) is 1. The molecule has 2 heterocycles. The van der Waals surface area contributed by atoms with Crippen LogP contribution < -0.4 is 5.32 Å². The van der Waals surface area contributed by atoms with Crippen molar-refractivity contribution in [3.8, 4) is 0 Å². The third-order valence-corrected chi connectivity index (χ3v) is 4.51. The first-order valence-electron chi connectivity index (χ1n) is 6.85. The zero-order valence-electron chi connectivity index (χ0n) is 11.2. The Morgan fingerprint density at radius 3 is 2.55 bits per heavy atom. The molecule has 1 aliphatic carbocycles. The molecule has 7 nitrogen and oxygen atoms in total. The van der Waals surface area contributed by atoms with Crippen LogP contribution in [0.25, 0.3) is 0 Å². The summed E-state index contributed by atoms with van der Waals surface area (Å²) in [6.45, 7) is 1.47. The second-order valence-electron chi connectivity index (χ2n) is 5.79. The lowest BCUT2D eigenvalue weighted by atomic mass is 9.60. The van der Waals surface area contributed by atoms with E-state index in [1.165, 1.54) is 10.9 Å². The Bertz CT molecular complexity index is 498. The van der Waals surface area contributed by atoms with Gasteiger partial charge >= 0.3 is 12.1 Å². The van der Waals surface area contributed by atoms with Crippen molar-refractivity contribution < 1.29 is 14.7 Å². The molecule has 2 fully saturated rings. The van der Waals surface area contributed by atoms with Gasteiger partial charge in [-0.1, -0.05) is 0 Å². The van der Waals surface area contributed by atoms with E-state index in [-0.39, 0.29) is 17.5 Å². The number of imidazole rings is 1. The van der Waals surface area contributed by atoms with Gasteiger partial charge in [-0.3, -0.25) is 4.57 Å². The first kappa shape index (κ1) is 13.0. The maximum absolute atomic E-state index is 12.1. The van der Waals surface area contributed by atoms with Gasteiger partial charge in [0.1, 0.15) is 6.33 Å². The number of amides is 2. The van der Waals surface area contributed by atoms with Crippen LogP contribution in [0, 0.1) is 5.41 Å². The number of nitrogens with zero attached hydrogens (tertiary/aromatic N) is 3. The standard InChI is InChI=1S/C13H18N4O3/c18-11(19)15-10-7-13(8-10)1-4-16(5-2-13)12(20)17-6-3-14-9-17/h3,6,9-10,15H,1-2,4-5,7-8H2,(H,18,19). The van der Waals surface area contributed by atoms with Gasteiger partial charge in [0.05, 0.1) is 0 Å². The van der Waals surface area contributed by atoms with Crippen molar-refractivity contribution in [2.24, 2.45) is 5.41 Å². The predicted octanol–water partition coefficient (Wildman–Crippen LogP) is 1.36. The van der Waals surface area contributed by atoms with Gasteiger partial charge in [-0.2, -0.15) is 0 Å². The van der Waals surface area contributed by atoms with Gasteiger partial charge in [-0.15, -0.1) is 0 Å². The average Bonchev–Trinajstić information content (AvgIpc) is 2.90. The molecule has 1 saturated carbocycles. The second kappa shape index (κ2) is 4.81. The lowest BCUT2D eigenvalue weighted by Crippen LogP contribution is -2.55. The number of carbonyl (C=O) groups excluding carboxylic acids is 1. The van der Waals surface area contributed by atoms with Gasteiger partial charge in [0.2, 0.25) is 0 Å². The molecular weight excluding hydrogens is 260 g/mol. The molecule has 1 aromatic heterocycles. The van der Waals surface area contributed by atoms with Crippen LogP contribution in [0.15, 0.2) is 18.7 Å². The van der Waals surface area contributed by atoms with Crippen LogP contribution in [-0.4, -0.2) is 50.8 Å². The smallest absolute Gasteiger partial charge is 0.404 e. The monoisotopic (exact) mass is 278 g/mol. The fourth-order valence-electron chi connectivity index (χ4n) is 3.38. The normalized spacial score (nSPS) is 21.5. The zero-order valence-corrected chi connectivity index (χ0v) is 11.2. The lowest BCUT2D eigenvalue weighted by Gasteiger charge is -2.51. The van der Waals surface area contributed by atoms with E-state index in [0.717, 1.165) is 38.8 Å². The summed E-state index contributed by atoms with van der Waals surface area (Å²) in [5, 5.41) is 11.2. The van der Waals surface area contributed by atoms with E-state index >= 15 is 0 Å². The number of rotatable bonds is 1. The summed E-state index contributed by atoms with van der Waals surface area (Å²) >= 11 is 0. The number of nitrogens with one attached hydrogen (secondary N) is 1. The molecule has 108 valence electrons. The third-order valence-electron chi connectivity index (χ3n) is 4.51. The van der Waals surface area contributed by atoms with Crippen LogP contribution in [0.5, 0.6) is 0 Å². The molecule has 7 heteroatoms. The Morgan fingerprint density at radius 2 is 2.00 bits per heavy atom. The molecule has 1 spiro atoms. The van der Waals surface area contributed by atoms with Crippen LogP contribution in [0.3, 0.4) is 0 Å². The zero-order chi connectivity index (χ0) is 14.2. The van der Waals surface area contributed by atoms with Gasteiger partial charge in [0.25, 0.3) is 0 Å². The number of carbonyl (C=O) groups is 2. The van der Waals surface area contributed by atoms with E-state index in [4.69, 9.17) is 5.11 Å². The lowest BCUT2D eigenvalue weighted by molar-refractivity contribution is 0.0183. The third kappa shape index (κ3) is 2.35. The minimum absolute atomic E-state index is 0.0307. The maximum atomic E-state index is 12.1. The predicted molar refractivity (Wildman–Crippen MR) is 70.4 cm³/mol. The van der Waals surface area contributed by atoms with Gasteiger partial charge in [-0.25, -0.2) is 14.6 Å². The summed E-state index contributed by atoms with van der Waals surface area (Å²) in [6, 6.07) is 0.0558. The van der Waals surface area contributed by atoms with Crippen LogP contribution in [0.4, 0.5) is 9.59 Å². The number of hydrogen-bond acceptors (Lipinski definition) is 3. The molecule has 0 atom stereocenters. The van der Waals surface area contributed by atoms with Crippen LogP contribution in [-0.2, 0) is 0 Å². The van der Waals surface area contributed by atoms with E-state index < -0.39 is 6.09 Å². The molecule has 20 heavy (non-hydrogen) atoms. The molecule has 0 aromatic carbocycles. The number of hydrogen-bond donors (Lipinski definition) is 2. The van der Waals surface area contributed by atoms with Gasteiger partial charge in [0.15, 0.2) is 0 Å². The minimum Gasteiger partial charge on any atom is -0.465 e. The van der Waals surface area contributed by atoms with Crippen LogP contribution in [0.1, 0.15) is 25.7 Å². The number of aromatic nitrogens is 2. The summed E-state index contributed by atoms with van der Waals surface area (Å²) in [6.07, 6.45) is 7.51. The van der Waals surface area contributed by atoms with Crippen molar-refractivity contribution in [3.05, 3.63) is 18.7 Å². The highest BCUT2D eigenvalue weighted by Crippen LogP contribution is 2.49. The Balaban J connectivity index is 1.51. The van der Waals surface area contributed by atoms with Crippen molar-refractivity contribution in [1.29, 1.82) is 0 Å². The average molecular weight is 278 g/mol. The van der Waals surface area contributed by atoms with E-state index in [1.54, 1.807) is 12.4 Å². The topological polar surface area (TPSA) is 87.5 Å². The fraction of sp³-hybridized carbons (Fsp3) is 0.615. The van der Waals surface area contributed by atoms with Crippen molar-refractivity contribution in [2.45, 2.75) is 31.7 Å². The molecule has 2 amide bonds. The summed E-state index contributed by atoms with van der Waals surface area (Å²) in [4.78, 5) is 28.4. The van der Waals surface area contributed by atoms with Crippen molar-refractivity contribution in [1.82, 2.24) is 19.8 Å². The Labute approximate surface area is 116 Å². The molecular formula is C13H18N4O3. The second-order valence-corrected chi connectivity index (χ2v) is 5.79. The number of carboxylic acid groups (broad SMARTS) is 1. The Hall–Kier alpha value is -2.05. The summed E-state index contributed by atoms with van der Waals surface area (Å²) in [7, 11) is 0. The molecule has 3 rings (SSSR count). The van der Waals surface area contributed by atoms with E-state index in [0.29, 0.717) is 0 Å². The van der Waals surface area contributed by atoms with Crippen molar-refractivity contribution in [3.63, 3.8) is 0 Å². The molecule has 0 unspecified atom stereocenters. The van der Waals surface area contributed by atoms with Crippen LogP contribution in [0.2, 0.25) is 0 Å². The summed E-state index contributed by atoms with van der Waals surface area (Å²) in [5.74, 6) is 0. The quantitative estimate of drug-likeness (QED) is 0.812. The molecule has 1 aliphatic heterocycles. The number of piperidine rings is 1. The van der Waals surface area contributed by atoms with Gasteiger partial charge < -0.3 is 15.3 Å². The Kier molecular flexibility index (Phi) is 3.11. The largest absolute Gasteiger partial charge is 0.465 e. The molecule has 1 aromatic rings. The summed E-state index contributed by atoms with van der Waals surface area (Å²) in [5.41, 5.74) is 0.235. The highest BCUT2D eigenvalue weighted by Gasteiger charge is 2.46. The molecule has 2 aliphatic rings. The van der Waals surface area contributed by atoms with Gasteiger partial charge in [0, 0.05) is 31.5 Å².